The minimum atomic E-state index is -3.70. The molecule has 6 nitrogen and oxygen atoms in total. The average Bonchev–Trinajstić information content (AvgIpc) is 2.98. The molecule has 1 fully saturated rings. The van der Waals surface area contributed by atoms with Crippen LogP contribution in [-0.4, -0.2) is 41.9 Å². The van der Waals surface area contributed by atoms with Crippen LogP contribution in [0.3, 0.4) is 0 Å². The van der Waals surface area contributed by atoms with Crippen LogP contribution in [-0.2, 0) is 14.8 Å². The maximum absolute atomic E-state index is 12.4. The van der Waals surface area contributed by atoms with Gasteiger partial charge in [-0.2, -0.15) is 0 Å². The van der Waals surface area contributed by atoms with Crippen LogP contribution >= 0.6 is 15.9 Å². The predicted molar refractivity (Wildman–Crippen MR) is 81.4 cm³/mol. The van der Waals surface area contributed by atoms with Gasteiger partial charge >= 0.3 is 0 Å². The Kier molecular flexibility index (Phi) is 5.48. The highest BCUT2D eigenvalue weighted by atomic mass is 79.9. The first-order valence-corrected chi connectivity index (χ1v) is 8.78. The predicted octanol–water partition coefficient (Wildman–Crippen LogP) is 1.92. The van der Waals surface area contributed by atoms with Gasteiger partial charge in [0.05, 0.1) is 24.8 Å². The number of methoxy groups -OCH3 is 2. The van der Waals surface area contributed by atoms with Crippen molar-refractivity contribution < 1.29 is 22.6 Å². The van der Waals surface area contributed by atoms with Crippen molar-refractivity contribution in [2.24, 2.45) is 0 Å². The zero-order valence-corrected chi connectivity index (χ0v) is 14.3. The first-order chi connectivity index (χ1) is 9.97. The minimum absolute atomic E-state index is 0.0445. The van der Waals surface area contributed by atoms with Crippen LogP contribution < -0.4 is 14.2 Å². The molecule has 1 atom stereocenters. The molecular formula is C13H18BrNO5S. The van der Waals surface area contributed by atoms with Gasteiger partial charge in [-0.25, -0.2) is 13.1 Å². The SMILES string of the molecule is COc1cc(S(=O)(=O)NC[C@H]2CCCO2)c(OC)cc1Br. The molecular weight excluding hydrogens is 362 g/mol. The zero-order chi connectivity index (χ0) is 15.5. The van der Waals surface area contributed by atoms with E-state index in [0.717, 1.165) is 12.8 Å². The number of rotatable bonds is 6. The molecule has 1 saturated heterocycles. The van der Waals surface area contributed by atoms with Crippen molar-refractivity contribution in [1.82, 2.24) is 4.72 Å². The van der Waals surface area contributed by atoms with E-state index >= 15 is 0 Å². The maximum atomic E-state index is 12.4. The topological polar surface area (TPSA) is 73.9 Å². The lowest BCUT2D eigenvalue weighted by Crippen LogP contribution is -2.32. The Balaban J connectivity index is 2.25. The zero-order valence-electron chi connectivity index (χ0n) is 11.9. The molecule has 1 aromatic rings. The highest BCUT2D eigenvalue weighted by Gasteiger charge is 2.24. The Morgan fingerprint density at radius 1 is 1.33 bits per heavy atom. The van der Waals surface area contributed by atoms with Crippen LogP contribution in [0.1, 0.15) is 12.8 Å². The molecule has 1 aliphatic heterocycles. The molecule has 1 heterocycles. The Morgan fingerprint density at radius 2 is 2.05 bits per heavy atom. The van der Waals surface area contributed by atoms with Crippen molar-refractivity contribution in [3.8, 4) is 11.5 Å². The van der Waals surface area contributed by atoms with E-state index in [4.69, 9.17) is 14.2 Å². The Bertz CT molecular complexity index is 599. The summed E-state index contributed by atoms with van der Waals surface area (Å²) < 4.78 is 43.7. The molecule has 0 saturated carbocycles. The molecule has 2 rings (SSSR count). The fraction of sp³-hybridized carbons (Fsp3) is 0.538. The maximum Gasteiger partial charge on any atom is 0.244 e. The van der Waals surface area contributed by atoms with Gasteiger partial charge < -0.3 is 14.2 Å². The average molecular weight is 380 g/mol. The van der Waals surface area contributed by atoms with E-state index < -0.39 is 10.0 Å². The van der Waals surface area contributed by atoms with Gasteiger partial charge in [0.25, 0.3) is 0 Å². The summed E-state index contributed by atoms with van der Waals surface area (Å²) >= 11 is 3.30. The summed E-state index contributed by atoms with van der Waals surface area (Å²) in [6, 6.07) is 3.00. The second kappa shape index (κ2) is 6.95. The molecule has 0 spiro atoms. The molecule has 1 aliphatic rings. The number of ether oxygens (including phenoxy) is 3. The number of benzene rings is 1. The van der Waals surface area contributed by atoms with Crippen LogP contribution in [0.4, 0.5) is 0 Å². The van der Waals surface area contributed by atoms with Gasteiger partial charge in [-0.1, -0.05) is 0 Å². The standard InChI is InChI=1S/C13H18BrNO5S/c1-18-11-7-13(12(19-2)6-10(11)14)21(16,17)15-8-9-4-3-5-20-9/h6-7,9,15H,3-5,8H2,1-2H3/t9-/m1/s1. The molecule has 0 bridgehead atoms. The van der Waals surface area contributed by atoms with Gasteiger partial charge in [-0.05, 0) is 34.8 Å². The molecule has 21 heavy (non-hydrogen) atoms. The minimum Gasteiger partial charge on any atom is -0.496 e. The third kappa shape index (κ3) is 3.88. The monoisotopic (exact) mass is 379 g/mol. The van der Waals surface area contributed by atoms with Gasteiger partial charge in [0, 0.05) is 19.2 Å². The van der Waals surface area contributed by atoms with Crippen molar-refractivity contribution >= 4 is 26.0 Å². The number of hydrogen-bond acceptors (Lipinski definition) is 5. The number of sulfonamides is 1. The van der Waals surface area contributed by atoms with E-state index in [1.54, 1.807) is 6.07 Å². The largest absolute Gasteiger partial charge is 0.496 e. The first kappa shape index (κ1) is 16.5. The summed E-state index contributed by atoms with van der Waals surface area (Å²) in [5.41, 5.74) is 0. The summed E-state index contributed by atoms with van der Waals surface area (Å²) in [5.74, 6) is 0.677. The molecule has 0 radical (unpaired) electrons. The van der Waals surface area contributed by atoms with Gasteiger partial charge in [0.1, 0.15) is 16.4 Å². The highest BCUT2D eigenvalue weighted by molar-refractivity contribution is 9.10. The lowest BCUT2D eigenvalue weighted by atomic mass is 10.2. The second-order valence-corrected chi connectivity index (χ2v) is 7.21. The Labute approximate surface area is 132 Å². The number of hydrogen-bond donors (Lipinski definition) is 1. The van der Waals surface area contributed by atoms with Crippen LogP contribution in [0, 0.1) is 0 Å². The molecule has 0 amide bonds. The third-order valence-electron chi connectivity index (χ3n) is 3.25. The second-order valence-electron chi connectivity index (χ2n) is 4.62. The molecule has 8 heteroatoms. The molecule has 0 unspecified atom stereocenters. The van der Waals surface area contributed by atoms with Crippen molar-refractivity contribution in [3.63, 3.8) is 0 Å². The molecule has 1 aromatic carbocycles. The van der Waals surface area contributed by atoms with Gasteiger partial charge in [0.2, 0.25) is 10.0 Å². The summed E-state index contributed by atoms with van der Waals surface area (Å²) in [4.78, 5) is 0.0445. The van der Waals surface area contributed by atoms with Crippen molar-refractivity contribution in [2.75, 3.05) is 27.4 Å². The van der Waals surface area contributed by atoms with Crippen LogP contribution in [0.25, 0.3) is 0 Å². The lowest BCUT2D eigenvalue weighted by molar-refractivity contribution is 0.114. The lowest BCUT2D eigenvalue weighted by Gasteiger charge is -2.15. The van der Waals surface area contributed by atoms with E-state index in [1.165, 1.54) is 20.3 Å². The van der Waals surface area contributed by atoms with Crippen LogP contribution in [0.15, 0.2) is 21.5 Å². The Morgan fingerprint density at radius 3 is 2.62 bits per heavy atom. The van der Waals surface area contributed by atoms with E-state index in [2.05, 4.69) is 20.7 Å². The van der Waals surface area contributed by atoms with E-state index in [0.29, 0.717) is 16.8 Å². The van der Waals surface area contributed by atoms with Crippen molar-refractivity contribution in [3.05, 3.63) is 16.6 Å². The number of halogens is 1. The van der Waals surface area contributed by atoms with Crippen LogP contribution in [0.5, 0.6) is 11.5 Å². The van der Waals surface area contributed by atoms with E-state index in [-0.39, 0.29) is 23.3 Å². The first-order valence-electron chi connectivity index (χ1n) is 6.50. The molecule has 1 N–H and O–H groups in total. The van der Waals surface area contributed by atoms with Crippen molar-refractivity contribution in [1.29, 1.82) is 0 Å². The fourth-order valence-corrected chi connectivity index (χ4v) is 3.84. The number of nitrogens with one attached hydrogen (secondary N) is 1. The normalized spacial score (nSPS) is 18.7. The fourth-order valence-electron chi connectivity index (χ4n) is 2.13. The Hall–Kier alpha value is -0.830. The van der Waals surface area contributed by atoms with Gasteiger partial charge in [0.15, 0.2) is 0 Å². The molecule has 0 aromatic heterocycles. The highest BCUT2D eigenvalue weighted by Crippen LogP contribution is 2.35. The summed E-state index contributed by atoms with van der Waals surface area (Å²) in [7, 11) is -0.797. The van der Waals surface area contributed by atoms with Crippen LogP contribution in [0.2, 0.25) is 0 Å². The van der Waals surface area contributed by atoms with Crippen molar-refractivity contribution in [2.45, 2.75) is 23.8 Å². The summed E-state index contributed by atoms with van der Waals surface area (Å²) in [5, 5.41) is 0. The summed E-state index contributed by atoms with van der Waals surface area (Å²) in [6.07, 6.45) is 1.76. The van der Waals surface area contributed by atoms with E-state index in [9.17, 15) is 8.42 Å². The summed E-state index contributed by atoms with van der Waals surface area (Å²) in [6.45, 7) is 0.936. The molecule has 118 valence electrons. The van der Waals surface area contributed by atoms with Gasteiger partial charge in [-0.15, -0.1) is 0 Å². The van der Waals surface area contributed by atoms with E-state index in [1.807, 2.05) is 0 Å². The quantitative estimate of drug-likeness (QED) is 0.817. The van der Waals surface area contributed by atoms with Gasteiger partial charge in [-0.3, -0.25) is 0 Å². The molecule has 0 aliphatic carbocycles. The third-order valence-corrected chi connectivity index (χ3v) is 5.32. The smallest absolute Gasteiger partial charge is 0.244 e.